The molecule has 260 valence electrons. The molecule has 0 aliphatic heterocycles. The Morgan fingerprint density at radius 3 is 1.80 bits per heavy atom. The van der Waals surface area contributed by atoms with Crippen molar-refractivity contribution in [2.24, 2.45) is 0 Å². The Bertz CT molecular complexity index is 3540. The first-order valence-electron chi connectivity index (χ1n) is 18.9. The molecule has 12 rings (SSSR count). The molecule has 56 heavy (non-hydrogen) atoms. The normalized spacial score (nSPS) is 11.9. The van der Waals surface area contributed by atoms with E-state index in [1.54, 1.807) is 0 Å². The standard InChI is InChI=1S/C51H30N4O/c1-2-15-32(16-3-1)49-52-50(39-24-12-19-31-14-6-7-20-35(31)39)54-51(53-49)41-26-13-25-40-47-38-23-9-8-21-36(38)45(30-46(47)56-48(40)41)55-43-27-11-10-22-37(43)42-28-33-17-4-5-18-34(33)29-44(42)55/h1-30H. The van der Waals surface area contributed by atoms with Gasteiger partial charge in [0, 0.05) is 44.1 Å². The van der Waals surface area contributed by atoms with E-state index in [0.29, 0.717) is 17.5 Å². The summed E-state index contributed by atoms with van der Waals surface area (Å²) in [5.41, 5.74) is 7.61. The number of aromatic nitrogens is 4. The zero-order valence-electron chi connectivity index (χ0n) is 30.0. The van der Waals surface area contributed by atoms with Crippen LogP contribution in [0.25, 0.3) is 116 Å². The number of benzene rings is 9. The maximum Gasteiger partial charge on any atom is 0.167 e. The Balaban J connectivity index is 1.14. The predicted molar refractivity (Wildman–Crippen MR) is 230 cm³/mol. The zero-order chi connectivity index (χ0) is 36.7. The Kier molecular flexibility index (Phi) is 6.56. The number of furan rings is 1. The fourth-order valence-electron chi connectivity index (χ4n) is 8.67. The van der Waals surface area contributed by atoms with Gasteiger partial charge in [0.1, 0.15) is 11.2 Å². The lowest BCUT2D eigenvalue weighted by Gasteiger charge is -2.13. The summed E-state index contributed by atoms with van der Waals surface area (Å²) in [6.07, 6.45) is 0. The lowest BCUT2D eigenvalue weighted by atomic mass is 10.0. The summed E-state index contributed by atoms with van der Waals surface area (Å²) < 4.78 is 9.43. The minimum absolute atomic E-state index is 0.560. The maximum atomic E-state index is 7.03. The van der Waals surface area contributed by atoms with Gasteiger partial charge in [0.05, 0.1) is 22.3 Å². The molecular formula is C51H30N4O. The van der Waals surface area contributed by atoms with Crippen molar-refractivity contribution in [2.75, 3.05) is 0 Å². The molecule has 0 aliphatic rings. The Morgan fingerprint density at radius 2 is 0.964 bits per heavy atom. The molecule has 0 radical (unpaired) electrons. The highest BCUT2D eigenvalue weighted by Gasteiger charge is 2.22. The molecule has 5 nitrogen and oxygen atoms in total. The highest BCUT2D eigenvalue weighted by atomic mass is 16.3. The van der Waals surface area contributed by atoms with Crippen LogP contribution in [0.5, 0.6) is 0 Å². The van der Waals surface area contributed by atoms with Crippen molar-refractivity contribution in [3.05, 3.63) is 182 Å². The van der Waals surface area contributed by atoms with Crippen LogP contribution in [0, 0.1) is 0 Å². The fraction of sp³-hybridized carbons (Fsp3) is 0. The first-order chi connectivity index (χ1) is 27.8. The summed E-state index contributed by atoms with van der Waals surface area (Å²) in [6, 6.07) is 63.8. The van der Waals surface area contributed by atoms with E-state index in [2.05, 4.69) is 156 Å². The largest absolute Gasteiger partial charge is 0.455 e. The van der Waals surface area contributed by atoms with Crippen molar-refractivity contribution in [1.82, 2.24) is 19.5 Å². The van der Waals surface area contributed by atoms with E-state index in [0.717, 1.165) is 76.9 Å². The number of nitrogens with zero attached hydrogens (tertiary/aromatic N) is 4. The summed E-state index contributed by atoms with van der Waals surface area (Å²) in [7, 11) is 0. The first-order valence-corrected chi connectivity index (χ1v) is 18.9. The molecule has 0 N–H and O–H groups in total. The fourth-order valence-corrected chi connectivity index (χ4v) is 8.67. The number of hydrogen-bond donors (Lipinski definition) is 0. The number of rotatable bonds is 4. The molecule has 12 aromatic rings. The SMILES string of the molecule is c1ccc(-c2nc(-c3cccc4ccccc34)nc(-c3cccc4c3oc3cc(-n5c6ccccc6c6cc7ccccc7cc65)c5ccccc5c34)n2)cc1. The summed E-state index contributed by atoms with van der Waals surface area (Å²) >= 11 is 0. The maximum absolute atomic E-state index is 7.03. The monoisotopic (exact) mass is 714 g/mol. The molecule has 9 aromatic carbocycles. The van der Waals surface area contributed by atoms with Gasteiger partial charge in [-0.2, -0.15) is 0 Å². The Hall–Kier alpha value is -7.63. The summed E-state index contributed by atoms with van der Waals surface area (Å²) in [4.78, 5) is 15.4. The van der Waals surface area contributed by atoms with Gasteiger partial charge in [-0.05, 0) is 51.2 Å². The van der Waals surface area contributed by atoms with Crippen molar-refractivity contribution in [3.8, 4) is 39.9 Å². The van der Waals surface area contributed by atoms with Crippen LogP contribution in [0.2, 0.25) is 0 Å². The van der Waals surface area contributed by atoms with Gasteiger partial charge in [0.25, 0.3) is 0 Å². The molecule has 0 bridgehead atoms. The van der Waals surface area contributed by atoms with Crippen LogP contribution in [-0.2, 0) is 0 Å². The minimum atomic E-state index is 0.560. The summed E-state index contributed by atoms with van der Waals surface area (Å²) in [5, 5.41) is 11.5. The lowest BCUT2D eigenvalue weighted by Crippen LogP contribution is -2.00. The highest BCUT2D eigenvalue weighted by molar-refractivity contribution is 6.23. The lowest BCUT2D eigenvalue weighted by molar-refractivity contribution is 0.669. The van der Waals surface area contributed by atoms with E-state index in [-0.39, 0.29) is 0 Å². The Morgan fingerprint density at radius 1 is 0.375 bits per heavy atom. The smallest absolute Gasteiger partial charge is 0.167 e. The number of para-hydroxylation sites is 2. The molecule has 0 atom stereocenters. The third kappa shape index (κ3) is 4.58. The predicted octanol–water partition coefficient (Wildman–Crippen LogP) is 13.3. The van der Waals surface area contributed by atoms with E-state index in [1.807, 2.05) is 30.3 Å². The van der Waals surface area contributed by atoms with Gasteiger partial charge in [-0.15, -0.1) is 0 Å². The van der Waals surface area contributed by atoms with Crippen LogP contribution < -0.4 is 0 Å². The van der Waals surface area contributed by atoms with Crippen LogP contribution in [-0.4, -0.2) is 19.5 Å². The molecule has 0 spiro atoms. The van der Waals surface area contributed by atoms with Gasteiger partial charge in [-0.25, -0.2) is 15.0 Å². The van der Waals surface area contributed by atoms with Crippen molar-refractivity contribution >= 4 is 76.1 Å². The topological polar surface area (TPSA) is 56.7 Å². The quantitative estimate of drug-likeness (QED) is 0.182. The second kappa shape index (κ2) is 11.9. The van der Waals surface area contributed by atoms with E-state index < -0.39 is 0 Å². The first kappa shape index (κ1) is 30.8. The average Bonchev–Trinajstić information content (AvgIpc) is 3.80. The van der Waals surface area contributed by atoms with Crippen LogP contribution >= 0.6 is 0 Å². The molecule has 0 aliphatic carbocycles. The average molecular weight is 715 g/mol. The second-order valence-electron chi connectivity index (χ2n) is 14.4. The van der Waals surface area contributed by atoms with Gasteiger partial charge >= 0.3 is 0 Å². The van der Waals surface area contributed by atoms with Gasteiger partial charge in [0.2, 0.25) is 0 Å². The van der Waals surface area contributed by atoms with Crippen LogP contribution in [0.3, 0.4) is 0 Å². The van der Waals surface area contributed by atoms with Crippen molar-refractivity contribution in [1.29, 1.82) is 0 Å². The molecule has 5 heteroatoms. The van der Waals surface area contributed by atoms with E-state index >= 15 is 0 Å². The van der Waals surface area contributed by atoms with Crippen LogP contribution in [0.15, 0.2) is 186 Å². The van der Waals surface area contributed by atoms with E-state index in [4.69, 9.17) is 19.4 Å². The van der Waals surface area contributed by atoms with Gasteiger partial charge < -0.3 is 8.98 Å². The van der Waals surface area contributed by atoms with Gasteiger partial charge in [0.15, 0.2) is 17.5 Å². The molecule has 0 saturated carbocycles. The molecular weight excluding hydrogens is 685 g/mol. The van der Waals surface area contributed by atoms with Crippen molar-refractivity contribution < 1.29 is 4.42 Å². The number of fused-ring (bicyclic) bond motifs is 10. The molecule has 0 saturated heterocycles. The summed E-state index contributed by atoms with van der Waals surface area (Å²) in [5.74, 6) is 1.79. The molecule has 0 amide bonds. The summed E-state index contributed by atoms with van der Waals surface area (Å²) in [6.45, 7) is 0. The van der Waals surface area contributed by atoms with Crippen LogP contribution in [0.4, 0.5) is 0 Å². The van der Waals surface area contributed by atoms with Crippen molar-refractivity contribution in [2.45, 2.75) is 0 Å². The third-order valence-electron chi connectivity index (χ3n) is 11.2. The van der Waals surface area contributed by atoms with Gasteiger partial charge in [-0.1, -0.05) is 152 Å². The molecule has 0 unspecified atom stereocenters. The van der Waals surface area contributed by atoms with Crippen LogP contribution in [0.1, 0.15) is 0 Å². The van der Waals surface area contributed by atoms with Gasteiger partial charge in [-0.3, -0.25) is 0 Å². The minimum Gasteiger partial charge on any atom is -0.455 e. The molecule has 3 heterocycles. The molecule has 0 fully saturated rings. The molecule has 3 aromatic heterocycles. The third-order valence-corrected chi connectivity index (χ3v) is 11.2. The van der Waals surface area contributed by atoms with E-state index in [1.165, 1.54) is 21.5 Å². The number of hydrogen-bond acceptors (Lipinski definition) is 4. The highest BCUT2D eigenvalue weighted by Crippen LogP contribution is 2.43. The second-order valence-corrected chi connectivity index (χ2v) is 14.4. The zero-order valence-corrected chi connectivity index (χ0v) is 30.0. The Labute approximate surface area is 320 Å². The van der Waals surface area contributed by atoms with E-state index in [9.17, 15) is 0 Å². The van der Waals surface area contributed by atoms with Crippen molar-refractivity contribution in [3.63, 3.8) is 0 Å².